The summed E-state index contributed by atoms with van der Waals surface area (Å²) >= 11 is 3.54. The summed E-state index contributed by atoms with van der Waals surface area (Å²) in [6, 6.07) is 10.1. The van der Waals surface area contributed by atoms with Crippen LogP contribution >= 0.6 is 15.9 Å². The molecule has 3 N–H and O–H groups in total. The number of aromatic nitrogens is 2. The Morgan fingerprint density at radius 1 is 1.41 bits per heavy atom. The maximum absolute atomic E-state index is 5.62. The zero-order valence-corrected chi connectivity index (χ0v) is 11.2. The molecule has 1 unspecified atom stereocenters. The molecule has 4 nitrogen and oxygen atoms in total. The maximum atomic E-state index is 5.62. The molecule has 0 aliphatic heterocycles. The monoisotopic (exact) mass is 294 g/mol. The fourth-order valence-corrected chi connectivity index (χ4v) is 2.36. The Kier molecular flexibility index (Phi) is 3.93. The normalized spacial score (nSPS) is 12.6. The fraction of sp³-hybridized carbons (Fsp3) is 0.250. The van der Waals surface area contributed by atoms with E-state index in [-0.39, 0.29) is 6.04 Å². The van der Waals surface area contributed by atoms with E-state index in [1.54, 1.807) is 4.68 Å². The third kappa shape index (κ3) is 2.94. The first-order chi connectivity index (χ1) is 8.20. The lowest BCUT2D eigenvalue weighted by molar-refractivity contribution is 0.539. The average Bonchev–Trinajstić information content (AvgIpc) is 2.73. The summed E-state index contributed by atoms with van der Waals surface area (Å²) < 4.78 is 2.85. The van der Waals surface area contributed by atoms with Gasteiger partial charge in [0, 0.05) is 24.1 Å². The van der Waals surface area contributed by atoms with Gasteiger partial charge in [0.25, 0.3) is 0 Å². The summed E-state index contributed by atoms with van der Waals surface area (Å²) in [7, 11) is 1.91. The zero-order valence-electron chi connectivity index (χ0n) is 9.60. The molecule has 1 heterocycles. The third-order valence-corrected chi connectivity index (χ3v) is 3.39. The Morgan fingerprint density at radius 3 is 2.76 bits per heavy atom. The van der Waals surface area contributed by atoms with E-state index in [0.717, 1.165) is 22.2 Å². The van der Waals surface area contributed by atoms with Crippen LogP contribution < -0.4 is 11.3 Å². The molecule has 0 aliphatic carbocycles. The van der Waals surface area contributed by atoms with Crippen molar-refractivity contribution in [2.24, 2.45) is 12.9 Å². The molecule has 2 aromatic rings. The quantitative estimate of drug-likeness (QED) is 0.669. The fourth-order valence-electron chi connectivity index (χ4n) is 1.80. The lowest BCUT2D eigenvalue weighted by atomic mass is 10.0. The minimum Gasteiger partial charge on any atom is -0.276 e. The molecule has 2 rings (SSSR count). The summed E-state index contributed by atoms with van der Waals surface area (Å²) in [6.45, 7) is 0. The van der Waals surface area contributed by atoms with Gasteiger partial charge in [-0.15, -0.1) is 0 Å². The minimum atomic E-state index is 0.0560. The van der Waals surface area contributed by atoms with Gasteiger partial charge in [-0.3, -0.25) is 16.0 Å². The second-order valence-electron chi connectivity index (χ2n) is 3.93. The SMILES string of the molecule is Cn1ccc(CC(NN)c2ccccc2Br)n1. The van der Waals surface area contributed by atoms with Gasteiger partial charge in [0.2, 0.25) is 0 Å². The van der Waals surface area contributed by atoms with Crippen LogP contribution in [0, 0.1) is 0 Å². The first kappa shape index (κ1) is 12.3. The molecule has 1 atom stereocenters. The number of nitrogens with one attached hydrogen (secondary N) is 1. The first-order valence-electron chi connectivity index (χ1n) is 5.40. The number of benzene rings is 1. The number of hydrogen-bond acceptors (Lipinski definition) is 3. The molecule has 5 heteroatoms. The van der Waals surface area contributed by atoms with Crippen LogP contribution in [0.2, 0.25) is 0 Å². The van der Waals surface area contributed by atoms with Crippen LogP contribution in [0.15, 0.2) is 41.0 Å². The summed E-state index contributed by atoms with van der Waals surface area (Å²) in [6.07, 6.45) is 2.70. The van der Waals surface area contributed by atoms with Crippen LogP contribution in [-0.2, 0) is 13.5 Å². The molecule has 0 radical (unpaired) electrons. The Labute approximate surface area is 109 Å². The van der Waals surface area contributed by atoms with Gasteiger partial charge in [-0.1, -0.05) is 34.1 Å². The van der Waals surface area contributed by atoms with Crippen molar-refractivity contribution in [1.82, 2.24) is 15.2 Å². The number of halogens is 1. The van der Waals surface area contributed by atoms with Crippen LogP contribution in [0.25, 0.3) is 0 Å². The molecule has 0 spiro atoms. The molecule has 0 bridgehead atoms. The number of hydrazine groups is 1. The third-order valence-electron chi connectivity index (χ3n) is 2.66. The lowest BCUT2D eigenvalue weighted by Crippen LogP contribution is -2.30. The van der Waals surface area contributed by atoms with Gasteiger partial charge in [-0.05, 0) is 17.7 Å². The van der Waals surface area contributed by atoms with E-state index < -0.39 is 0 Å². The van der Waals surface area contributed by atoms with E-state index in [0.29, 0.717) is 0 Å². The maximum Gasteiger partial charge on any atom is 0.0643 e. The van der Waals surface area contributed by atoms with E-state index in [1.165, 1.54) is 0 Å². The van der Waals surface area contributed by atoms with Crippen LogP contribution in [0.5, 0.6) is 0 Å². The number of nitrogens with two attached hydrogens (primary N) is 1. The van der Waals surface area contributed by atoms with E-state index in [1.807, 2.05) is 37.5 Å². The Hall–Kier alpha value is -1.17. The van der Waals surface area contributed by atoms with E-state index >= 15 is 0 Å². The topological polar surface area (TPSA) is 55.9 Å². The van der Waals surface area contributed by atoms with Crippen molar-refractivity contribution in [3.05, 3.63) is 52.3 Å². The molecular weight excluding hydrogens is 280 g/mol. The van der Waals surface area contributed by atoms with E-state index in [4.69, 9.17) is 5.84 Å². The van der Waals surface area contributed by atoms with Crippen LogP contribution in [0.4, 0.5) is 0 Å². The molecule has 1 aromatic heterocycles. The highest BCUT2D eigenvalue weighted by atomic mass is 79.9. The van der Waals surface area contributed by atoms with Crippen molar-refractivity contribution in [1.29, 1.82) is 0 Å². The number of rotatable bonds is 4. The van der Waals surface area contributed by atoms with Crippen molar-refractivity contribution in [2.45, 2.75) is 12.5 Å². The highest BCUT2D eigenvalue weighted by molar-refractivity contribution is 9.10. The van der Waals surface area contributed by atoms with Crippen LogP contribution in [0.3, 0.4) is 0 Å². The van der Waals surface area contributed by atoms with Gasteiger partial charge in [-0.2, -0.15) is 5.10 Å². The predicted octanol–water partition coefficient (Wildman–Crippen LogP) is 1.93. The molecule has 0 fully saturated rings. The van der Waals surface area contributed by atoms with Crippen molar-refractivity contribution in [2.75, 3.05) is 0 Å². The summed E-state index contributed by atoms with van der Waals surface area (Å²) in [5.74, 6) is 5.62. The van der Waals surface area contributed by atoms with Crippen molar-refractivity contribution in [3.8, 4) is 0 Å². The molecule has 0 saturated heterocycles. The van der Waals surface area contributed by atoms with Crippen LogP contribution in [-0.4, -0.2) is 9.78 Å². The van der Waals surface area contributed by atoms with Gasteiger partial charge < -0.3 is 0 Å². The largest absolute Gasteiger partial charge is 0.276 e. The molecule has 17 heavy (non-hydrogen) atoms. The molecular formula is C12H15BrN4. The van der Waals surface area contributed by atoms with Gasteiger partial charge in [0.1, 0.15) is 0 Å². The lowest BCUT2D eigenvalue weighted by Gasteiger charge is -2.16. The predicted molar refractivity (Wildman–Crippen MR) is 71.1 cm³/mol. The molecule has 0 saturated carbocycles. The van der Waals surface area contributed by atoms with Gasteiger partial charge in [-0.25, -0.2) is 0 Å². The zero-order chi connectivity index (χ0) is 12.3. The minimum absolute atomic E-state index is 0.0560. The summed E-state index contributed by atoms with van der Waals surface area (Å²) in [4.78, 5) is 0. The Morgan fingerprint density at radius 2 is 2.18 bits per heavy atom. The summed E-state index contributed by atoms with van der Waals surface area (Å²) in [5.41, 5.74) is 5.00. The van der Waals surface area contributed by atoms with Crippen LogP contribution in [0.1, 0.15) is 17.3 Å². The van der Waals surface area contributed by atoms with Gasteiger partial charge >= 0.3 is 0 Å². The molecule has 1 aromatic carbocycles. The molecule has 0 amide bonds. The smallest absolute Gasteiger partial charge is 0.0643 e. The van der Waals surface area contributed by atoms with Gasteiger partial charge in [0.05, 0.1) is 11.7 Å². The number of nitrogens with zero attached hydrogens (tertiary/aromatic N) is 2. The van der Waals surface area contributed by atoms with Crippen molar-refractivity contribution in [3.63, 3.8) is 0 Å². The number of aryl methyl sites for hydroxylation is 1. The Balaban J connectivity index is 2.20. The highest BCUT2D eigenvalue weighted by Crippen LogP contribution is 2.24. The molecule has 0 aliphatic rings. The number of hydrogen-bond donors (Lipinski definition) is 2. The van der Waals surface area contributed by atoms with E-state index in [2.05, 4.69) is 32.5 Å². The summed E-state index contributed by atoms with van der Waals surface area (Å²) in [5, 5.41) is 4.36. The highest BCUT2D eigenvalue weighted by Gasteiger charge is 2.14. The molecule has 90 valence electrons. The average molecular weight is 295 g/mol. The Bertz CT molecular complexity index is 495. The van der Waals surface area contributed by atoms with Crippen molar-refractivity contribution < 1.29 is 0 Å². The standard InChI is InChI=1S/C12H15BrN4/c1-17-7-6-9(16-17)8-12(15-14)10-4-2-3-5-11(10)13/h2-7,12,15H,8,14H2,1H3. The van der Waals surface area contributed by atoms with E-state index in [9.17, 15) is 0 Å². The van der Waals surface area contributed by atoms with Gasteiger partial charge in [0.15, 0.2) is 0 Å². The van der Waals surface area contributed by atoms with Crippen molar-refractivity contribution >= 4 is 15.9 Å². The first-order valence-corrected chi connectivity index (χ1v) is 6.19. The second kappa shape index (κ2) is 5.44. The second-order valence-corrected chi connectivity index (χ2v) is 4.78.